The van der Waals surface area contributed by atoms with Crippen molar-refractivity contribution in [3.8, 4) is 0 Å². The number of rotatable bonds is 2. The van der Waals surface area contributed by atoms with Crippen molar-refractivity contribution in [2.75, 3.05) is 13.1 Å². The molecule has 98 valence electrons. The lowest BCUT2D eigenvalue weighted by molar-refractivity contribution is 0.0848. The molecule has 0 spiro atoms. The van der Waals surface area contributed by atoms with Gasteiger partial charge in [0, 0.05) is 25.2 Å². The van der Waals surface area contributed by atoms with Crippen LogP contribution in [0.15, 0.2) is 24.3 Å². The maximum atomic E-state index is 13.0. The molecule has 1 aromatic carbocycles. The Morgan fingerprint density at radius 1 is 1.11 bits per heavy atom. The van der Waals surface area contributed by atoms with Crippen LogP contribution in [0.3, 0.4) is 0 Å². The van der Waals surface area contributed by atoms with Gasteiger partial charge in [-0.2, -0.15) is 0 Å². The van der Waals surface area contributed by atoms with Gasteiger partial charge in [0.25, 0.3) is 0 Å². The van der Waals surface area contributed by atoms with Gasteiger partial charge in [0.05, 0.1) is 0 Å². The molecule has 0 radical (unpaired) electrons. The number of hydrogen-bond acceptors (Lipinski definition) is 2. The van der Waals surface area contributed by atoms with Crippen molar-refractivity contribution < 1.29 is 4.39 Å². The molecule has 1 aliphatic carbocycles. The van der Waals surface area contributed by atoms with Crippen LogP contribution >= 0.6 is 0 Å². The zero-order chi connectivity index (χ0) is 12.5. The highest BCUT2D eigenvalue weighted by Gasteiger charge is 2.32. The molecule has 0 aromatic heterocycles. The van der Waals surface area contributed by atoms with Gasteiger partial charge in [0.2, 0.25) is 0 Å². The summed E-state index contributed by atoms with van der Waals surface area (Å²) in [5.41, 5.74) is 7.42. The Bertz CT molecular complexity index is 399. The summed E-state index contributed by atoms with van der Waals surface area (Å²) < 4.78 is 13.0. The lowest BCUT2D eigenvalue weighted by Gasteiger charge is -2.44. The van der Waals surface area contributed by atoms with Crippen molar-refractivity contribution in [3.05, 3.63) is 35.6 Å². The highest BCUT2D eigenvalue weighted by atomic mass is 19.1. The monoisotopic (exact) mass is 248 g/mol. The fourth-order valence-electron chi connectivity index (χ4n) is 3.20. The van der Waals surface area contributed by atoms with Gasteiger partial charge in [0.15, 0.2) is 0 Å². The summed E-state index contributed by atoms with van der Waals surface area (Å²) in [7, 11) is 0. The number of nitrogens with zero attached hydrogens (tertiary/aromatic N) is 1. The lowest BCUT2D eigenvalue weighted by Crippen LogP contribution is -2.52. The maximum Gasteiger partial charge on any atom is 0.123 e. The molecule has 18 heavy (non-hydrogen) atoms. The van der Waals surface area contributed by atoms with E-state index in [0.29, 0.717) is 5.92 Å². The predicted octanol–water partition coefficient (Wildman–Crippen LogP) is 2.49. The number of benzene rings is 1. The van der Waals surface area contributed by atoms with Crippen LogP contribution in [0, 0.1) is 5.82 Å². The molecule has 0 amide bonds. The first-order valence-electron chi connectivity index (χ1n) is 6.97. The summed E-state index contributed by atoms with van der Waals surface area (Å²) >= 11 is 0. The second-order valence-corrected chi connectivity index (χ2v) is 5.78. The van der Waals surface area contributed by atoms with Crippen LogP contribution in [0.1, 0.15) is 37.2 Å². The minimum Gasteiger partial charge on any atom is -0.327 e. The minimum atomic E-state index is -0.158. The van der Waals surface area contributed by atoms with Gasteiger partial charge < -0.3 is 5.73 Å². The van der Waals surface area contributed by atoms with E-state index in [1.807, 2.05) is 12.1 Å². The summed E-state index contributed by atoms with van der Waals surface area (Å²) in [6.45, 7) is 2.12. The van der Waals surface area contributed by atoms with E-state index in [2.05, 4.69) is 4.90 Å². The number of piperidine rings is 1. The summed E-state index contributed by atoms with van der Waals surface area (Å²) in [6.07, 6.45) is 5.03. The molecule has 3 heteroatoms. The first-order chi connectivity index (χ1) is 8.72. The fraction of sp³-hybridized carbons (Fsp3) is 0.600. The van der Waals surface area contributed by atoms with Gasteiger partial charge in [-0.25, -0.2) is 4.39 Å². The van der Waals surface area contributed by atoms with E-state index in [1.165, 1.54) is 24.8 Å². The SMILES string of the molecule is NC1CC(c2ccc(F)cc2)CN(C2CCC2)C1. The lowest BCUT2D eigenvalue weighted by atomic mass is 9.84. The van der Waals surface area contributed by atoms with Crippen LogP contribution in [0.2, 0.25) is 0 Å². The van der Waals surface area contributed by atoms with E-state index < -0.39 is 0 Å². The third-order valence-electron chi connectivity index (χ3n) is 4.44. The smallest absolute Gasteiger partial charge is 0.123 e. The van der Waals surface area contributed by atoms with Crippen molar-refractivity contribution in [1.82, 2.24) is 4.90 Å². The van der Waals surface area contributed by atoms with Crippen LogP contribution < -0.4 is 5.73 Å². The number of nitrogens with two attached hydrogens (primary N) is 1. The topological polar surface area (TPSA) is 29.3 Å². The first-order valence-corrected chi connectivity index (χ1v) is 6.97. The van der Waals surface area contributed by atoms with Gasteiger partial charge in [-0.15, -0.1) is 0 Å². The average molecular weight is 248 g/mol. The molecule has 1 saturated carbocycles. The standard InChI is InChI=1S/C15H21FN2/c16-13-6-4-11(5-7-13)12-8-14(17)10-18(9-12)15-2-1-3-15/h4-7,12,14-15H,1-3,8-10,17H2. The molecule has 2 N–H and O–H groups in total. The molecule has 1 aliphatic heterocycles. The molecule has 3 rings (SSSR count). The molecule has 2 atom stereocenters. The van der Waals surface area contributed by atoms with E-state index in [1.54, 1.807) is 12.1 Å². The molecule has 1 aromatic rings. The summed E-state index contributed by atoms with van der Waals surface area (Å²) in [6, 6.07) is 7.95. The van der Waals surface area contributed by atoms with E-state index >= 15 is 0 Å². The van der Waals surface area contributed by atoms with E-state index in [4.69, 9.17) is 5.73 Å². The largest absolute Gasteiger partial charge is 0.327 e. The number of likely N-dealkylation sites (tertiary alicyclic amines) is 1. The Hall–Kier alpha value is -0.930. The predicted molar refractivity (Wildman–Crippen MR) is 70.9 cm³/mol. The summed E-state index contributed by atoms with van der Waals surface area (Å²) in [5, 5.41) is 0. The maximum absolute atomic E-state index is 13.0. The number of halogens is 1. The van der Waals surface area contributed by atoms with Crippen molar-refractivity contribution in [1.29, 1.82) is 0 Å². The Kier molecular flexibility index (Phi) is 3.35. The van der Waals surface area contributed by atoms with Crippen molar-refractivity contribution in [2.24, 2.45) is 5.73 Å². The first kappa shape index (κ1) is 12.1. The van der Waals surface area contributed by atoms with Gasteiger partial charge in [-0.05, 0) is 42.9 Å². The Morgan fingerprint density at radius 3 is 2.44 bits per heavy atom. The highest BCUT2D eigenvalue weighted by molar-refractivity contribution is 5.22. The second-order valence-electron chi connectivity index (χ2n) is 5.78. The van der Waals surface area contributed by atoms with E-state index in [9.17, 15) is 4.39 Å². The highest BCUT2D eigenvalue weighted by Crippen LogP contribution is 2.32. The Balaban J connectivity index is 1.72. The van der Waals surface area contributed by atoms with Gasteiger partial charge in [0.1, 0.15) is 5.82 Å². The average Bonchev–Trinajstić information content (AvgIpc) is 2.26. The molecule has 1 heterocycles. The van der Waals surface area contributed by atoms with Gasteiger partial charge in [-0.1, -0.05) is 18.6 Å². The van der Waals surface area contributed by atoms with E-state index in [0.717, 1.165) is 25.6 Å². The van der Waals surface area contributed by atoms with Gasteiger partial charge >= 0.3 is 0 Å². The van der Waals surface area contributed by atoms with Crippen LogP contribution in [0.25, 0.3) is 0 Å². The molecule has 1 saturated heterocycles. The Morgan fingerprint density at radius 2 is 1.83 bits per heavy atom. The molecule has 2 unspecified atom stereocenters. The quantitative estimate of drug-likeness (QED) is 0.871. The molecular weight excluding hydrogens is 227 g/mol. The third-order valence-corrected chi connectivity index (χ3v) is 4.44. The summed E-state index contributed by atoms with van der Waals surface area (Å²) in [4.78, 5) is 2.55. The van der Waals surface area contributed by atoms with Gasteiger partial charge in [-0.3, -0.25) is 4.90 Å². The molecule has 2 aliphatic rings. The minimum absolute atomic E-state index is 0.158. The zero-order valence-corrected chi connectivity index (χ0v) is 10.7. The fourth-order valence-corrected chi connectivity index (χ4v) is 3.20. The normalized spacial score (nSPS) is 30.1. The van der Waals surface area contributed by atoms with Crippen LogP contribution in [-0.2, 0) is 0 Å². The molecule has 2 fully saturated rings. The zero-order valence-electron chi connectivity index (χ0n) is 10.7. The Labute approximate surface area is 108 Å². The van der Waals surface area contributed by atoms with Crippen molar-refractivity contribution in [2.45, 2.75) is 43.7 Å². The molecule has 0 bridgehead atoms. The van der Waals surface area contributed by atoms with Crippen LogP contribution in [0.4, 0.5) is 4.39 Å². The van der Waals surface area contributed by atoms with Crippen molar-refractivity contribution in [3.63, 3.8) is 0 Å². The summed E-state index contributed by atoms with van der Waals surface area (Å²) in [5.74, 6) is 0.310. The molecular formula is C15H21FN2. The van der Waals surface area contributed by atoms with E-state index in [-0.39, 0.29) is 11.9 Å². The number of hydrogen-bond donors (Lipinski definition) is 1. The molecule has 2 nitrogen and oxygen atoms in total. The second kappa shape index (κ2) is 4.98. The third kappa shape index (κ3) is 2.43. The van der Waals surface area contributed by atoms with Crippen LogP contribution in [-0.4, -0.2) is 30.1 Å². The van der Waals surface area contributed by atoms with Crippen LogP contribution in [0.5, 0.6) is 0 Å². The van der Waals surface area contributed by atoms with Crippen molar-refractivity contribution >= 4 is 0 Å².